The van der Waals surface area contributed by atoms with Gasteiger partial charge in [0.1, 0.15) is 11.9 Å². The van der Waals surface area contributed by atoms with Crippen molar-refractivity contribution in [3.8, 4) is 0 Å². The first-order chi connectivity index (χ1) is 10.3. The molecule has 2 heterocycles. The van der Waals surface area contributed by atoms with Crippen molar-refractivity contribution in [3.63, 3.8) is 0 Å². The van der Waals surface area contributed by atoms with Gasteiger partial charge in [-0.25, -0.2) is 15.8 Å². The number of nitrogens with one attached hydrogen (secondary N) is 1. The normalized spacial score (nSPS) is 15.3. The molecule has 0 fully saturated rings. The van der Waals surface area contributed by atoms with Crippen LogP contribution in [0, 0.1) is 0 Å². The summed E-state index contributed by atoms with van der Waals surface area (Å²) < 4.78 is 11.0. The fraction of sp³-hybridized carbons (Fsp3) is 0.333. The standard InChI is InChI=1S/C15H18N4O2/c1-20-13(10-5-3-2-4-6-10)15-17-12-7-8-21-9-11(12)14(18-15)19-16/h2-6,13H,7-9,16H2,1H3,(H,17,18,19). The second-order valence-corrected chi connectivity index (χ2v) is 4.83. The number of hydrazine groups is 1. The lowest BCUT2D eigenvalue weighted by atomic mass is 10.1. The molecule has 1 unspecified atom stereocenters. The Bertz CT molecular complexity index is 601. The molecule has 0 saturated carbocycles. The summed E-state index contributed by atoms with van der Waals surface area (Å²) in [6.45, 7) is 1.15. The molecule has 1 aromatic carbocycles. The van der Waals surface area contributed by atoms with Gasteiger partial charge in [-0.05, 0) is 5.56 Å². The van der Waals surface area contributed by atoms with Crippen molar-refractivity contribution >= 4 is 5.82 Å². The zero-order valence-corrected chi connectivity index (χ0v) is 11.9. The summed E-state index contributed by atoms with van der Waals surface area (Å²) in [5, 5.41) is 0. The first-order valence-electron chi connectivity index (χ1n) is 6.85. The van der Waals surface area contributed by atoms with Gasteiger partial charge in [0.15, 0.2) is 5.82 Å². The lowest BCUT2D eigenvalue weighted by Crippen LogP contribution is -2.22. The average Bonchev–Trinajstić information content (AvgIpc) is 2.56. The zero-order chi connectivity index (χ0) is 14.7. The molecule has 6 nitrogen and oxygen atoms in total. The SMILES string of the molecule is COC(c1ccccc1)c1nc2c(c(NN)n1)COCC2. The summed E-state index contributed by atoms with van der Waals surface area (Å²) >= 11 is 0. The van der Waals surface area contributed by atoms with Crippen LogP contribution >= 0.6 is 0 Å². The van der Waals surface area contributed by atoms with Crippen LogP contribution in [0.25, 0.3) is 0 Å². The Balaban J connectivity index is 2.05. The quantitative estimate of drug-likeness (QED) is 0.656. The summed E-state index contributed by atoms with van der Waals surface area (Å²) in [4.78, 5) is 9.16. The molecular formula is C15H18N4O2. The highest BCUT2D eigenvalue weighted by molar-refractivity contribution is 5.47. The van der Waals surface area contributed by atoms with E-state index in [1.54, 1.807) is 7.11 Å². The minimum atomic E-state index is -0.313. The molecule has 0 bridgehead atoms. The molecule has 3 rings (SSSR count). The van der Waals surface area contributed by atoms with Gasteiger partial charge < -0.3 is 14.9 Å². The number of nitrogens with zero attached hydrogens (tertiary/aromatic N) is 2. The van der Waals surface area contributed by atoms with Crippen LogP contribution < -0.4 is 11.3 Å². The molecule has 1 aromatic heterocycles. The van der Waals surface area contributed by atoms with E-state index < -0.39 is 0 Å². The van der Waals surface area contributed by atoms with E-state index >= 15 is 0 Å². The van der Waals surface area contributed by atoms with Crippen LogP contribution in [0.1, 0.15) is 28.7 Å². The third-order valence-corrected chi connectivity index (χ3v) is 3.55. The van der Waals surface area contributed by atoms with E-state index in [4.69, 9.17) is 15.3 Å². The number of hydrogen-bond acceptors (Lipinski definition) is 6. The van der Waals surface area contributed by atoms with Gasteiger partial charge in [-0.3, -0.25) is 0 Å². The lowest BCUT2D eigenvalue weighted by Gasteiger charge is -2.21. The molecule has 3 N–H and O–H groups in total. The van der Waals surface area contributed by atoms with Gasteiger partial charge in [0.05, 0.1) is 18.9 Å². The fourth-order valence-corrected chi connectivity index (χ4v) is 2.51. The van der Waals surface area contributed by atoms with Gasteiger partial charge in [0.2, 0.25) is 0 Å². The topological polar surface area (TPSA) is 82.3 Å². The number of aromatic nitrogens is 2. The summed E-state index contributed by atoms with van der Waals surface area (Å²) in [6, 6.07) is 9.89. The molecule has 0 aliphatic carbocycles. The number of nitrogens with two attached hydrogens (primary N) is 1. The van der Waals surface area contributed by atoms with Crippen LogP contribution in [0.5, 0.6) is 0 Å². The van der Waals surface area contributed by atoms with Crippen LogP contribution in [-0.2, 0) is 22.5 Å². The number of anilines is 1. The molecule has 110 valence electrons. The Morgan fingerprint density at radius 1 is 1.29 bits per heavy atom. The maximum atomic E-state index is 5.59. The molecule has 1 aliphatic rings. The summed E-state index contributed by atoms with van der Waals surface area (Å²) in [5.41, 5.74) is 5.54. The van der Waals surface area contributed by atoms with Gasteiger partial charge >= 0.3 is 0 Å². The molecular weight excluding hydrogens is 268 g/mol. The molecule has 0 radical (unpaired) electrons. The van der Waals surface area contributed by atoms with Crippen molar-refractivity contribution in [1.82, 2.24) is 9.97 Å². The van der Waals surface area contributed by atoms with E-state index in [1.807, 2.05) is 30.3 Å². The summed E-state index contributed by atoms with van der Waals surface area (Å²) in [7, 11) is 1.65. The van der Waals surface area contributed by atoms with Crippen molar-refractivity contribution in [2.75, 3.05) is 19.1 Å². The second kappa shape index (κ2) is 6.17. The van der Waals surface area contributed by atoms with E-state index in [9.17, 15) is 0 Å². The molecule has 6 heteroatoms. The van der Waals surface area contributed by atoms with Gasteiger partial charge in [0.25, 0.3) is 0 Å². The predicted molar refractivity (Wildman–Crippen MR) is 78.5 cm³/mol. The maximum Gasteiger partial charge on any atom is 0.164 e. The Hall–Kier alpha value is -2.02. The zero-order valence-electron chi connectivity index (χ0n) is 11.9. The molecule has 1 atom stereocenters. The Kier molecular flexibility index (Phi) is 4.10. The highest BCUT2D eigenvalue weighted by Crippen LogP contribution is 2.27. The number of fused-ring (bicyclic) bond motifs is 1. The van der Waals surface area contributed by atoms with Crippen LogP contribution in [0.3, 0.4) is 0 Å². The number of ether oxygens (including phenoxy) is 2. The number of rotatable bonds is 4. The Morgan fingerprint density at radius 2 is 2.10 bits per heavy atom. The van der Waals surface area contributed by atoms with Crippen molar-refractivity contribution in [3.05, 3.63) is 53.0 Å². The third kappa shape index (κ3) is 2.73. The predicted octanol–water partition coefficient (Wildman–Crippen LogP) is 1.57. The molecule has 0 amide bonds. The molecule has 2 aromatic rings. The summed E-state index contributed by atoms with van der Waals surface area (Å²) in [5.74, 6) is 6.80. The average molecular weight is 286 g/mol. The largest absolute Gasteiger partial charge is 0.376 e. The Labute approximate surface area is 123 Å². The maximum absolute atomic E-state index is 5.59. The fourth-order valence-electron chi connectivity index (χ4n) is 2.51. The number of benzene rings is 1. The molecule has 0 spiro atoms. The first kappa shape index (κ1) is 13.9. The van der Waals surface area contributed by atoms with E-state index in [-0.39, 0.29) is 6.10 Å². The molecule has 0 saturated heterocycles. The van der Waals surface area contributed by atoms with Crippen LogP contribution in [0.15, 0.2) is 30.3 Å². The van der Waals surface area contributed by atoms with Gasteiger partial charge in [-0.1, -0.05) is 30.3 Å². The first-order valence-corrected chi connectivity index (χ1v) is 6.85. The minimum Gasteiger partial charge on any atom is -0.376 e. The molecule has 21 heavy (non-hydrogen) atoms. The van der Waals surface area contributed by atoms with E-state index in [0.29, 0.717) is 24.9 Å². The lowest BCUT2D eigenvalue weighted by molar-refractivity contribution is 0.106. The van der Waals surface area contributed by atoms with E-state index in [1.165, 1.54) is 0 Å². The van der Waals surface area contributed by atoms with Crippen LogP contribution in [0.2, 0.25) is 0 Å². The molecule has 1 aliphatic heterocycles. The van der Waals surface area contributed by atoms with Crippen molar-refractivity contribution in [2.24, 2.45) is 5.84 Å². The third-order valence-electron chi connectivity index (χ3n) is 3.55. The highest BCUT2D eigenvalue weighted by atomic mass is 16.5. The van der Waals surface area contributed by atoms with Gasteiger partial charge in [0, 0.05) is 19.1 Å². The van der Waals surface area contributed by atoms with Gasteiger partial charge in [-0.15, -0.1) is 0 Å². The monoisotopic (exact) mass is 286 g/mol. The van der Waals surface area contributed by atoms with Gasteiger partial charge in [-0.2, -0.15) is 0 Å². The number of nitrogen functional groups attached to an aromatic ring is 1. The highest BCUT2D eigenvalue weighted by Gasteiger charge is 2.23. The van der Waals surface area contributed by atoms with Crippen molar-refractivity contribution in [2.45, 2.75) is 19.1 Å². The second-order valence-electron chi connectivity index (χ2n) is 4.83. The van der Waals surface area contributed by atoms with Crippen LogP contribution in [-0.4, -0.2) is 23.7 Å². The smallest absolute Gasteiger partial charge is 0.164 e. The number of methoxy groups -OCH3 is 1. The van der Waals surface area contributed by atoms with E-state index in [2.05, 4.69) is 15.4 Å². The van der Waals surface area contributed by atoms with Crippen molar-refractivity contribution < 1.29 is 9.47 Å². The summed E-state index contributed by atoms with van der Waals surface area (Å²) in [6.07, 6.45) is 0.441. The van der Waals surface area contributed by atoms with Crippen LogP contribution in [0.4, 0.5) is 5.82 Å². The Morgan fingerprint density at radius 3 is 2.81 bits per heavy atom. The number of hydrogen-bond donors (Lipinski definition) is 2. The van der Waals surface area contributed by atoms with Crippen molar-refractivity contribution in [1.29, 1.82) is 0 Å². The minimum absolute atomic E-state index is 0.313. The van der Waals surface area contributed by atoms with E-state index in [0.717, 1.165) is 23.2 Å².